The summed E-state index contributed by atoms with van der Waals surface area (Å²) in [7, 11) is 0. The standard InChI is InChI=1S/C18H14F2N2OS/c1-12-10-17(23-16-5-3-2-4-15(16)20)22-18(21-12)24-11-13-6-8-14(19)9-7-13/h2-10H,11H2,1H3. The van der Waals surface area contributed by atoms with Crippen molar-refractivity contribution >= 4 is 11.8 Å². The molecule has 3 aromatic rings. The molecule has 3 nitrogen and oxygen atoms in total. The molecule has 2 aromatic carbocycles. The van der Waals surface area contributed by atoms with Gasteiger partial charge in [0.05, 0.1) is 0 Å². The summed E-state index contributed by atoms with van der Waals surface area (Å²) in [5.74, 6) is 0.285. The SMILES string of the molecule is Cc1cc(Oc2ccccc2F)nc(SCc2ccc(F)cc2)n1. The van der Waals surface area contributed by atoms with Crippen molar-refractivity contribution in [3.05, 3.63) is 77.5 Å². The summed E-state index contributed by atoms with van der Waals surface area (Å²) in [6.45, 7) is 1.82. The van der Waals surface area contributed by atoms with Crippen LogP contribution < -0.4 is 4.74 Å². The molecule has 0 saturated heterocycles. The van der Waals surface area contributed by atoms with Crippen molar-refractivity contribution < 1.29 is 13.5 Å². The quantitative estimate of drug-likeness (QED) is 0.474. The highest BCUT2D eigenvalue weighted by Crippen LogP contribution is 2.26. The van der Waals surface area contributed by atoms with Crippen LogP contribution in [0.25, 0.3) is 0 Å². The van der Waals surface area contributed by atoms with E-state index < -0.39 is 5.82 Å². The Balaban J connectivity index is 1.74. The maximum Gasteiger partial charge on any atom is 0.223 e. The van der Waals surface area contributed by atoms with Crippen LogP contribution in [0.1, 0.15) is 11.3 Å². The van der Waals surface area contributed by atoms with Gasteiger partial charge in [-0.05, 0) is 36.8 Å². The number of hydrogen-bond donors (Lipinski definition) is 0. The lowest BCUT2D eigenvalue weighted by Crippen LogP contribution is -1.96. The molecule has 0 N–H and O–H groups in total. The molecule has 0 aliphatic heterocycles. The van der Waals surface area contributed by atoms with Gasteiger partial charge in [0.15, 0.2) is 16.7 Å². The summed E-state index contributed by atoms with van der Waals surface area (Å²) < 4.78 is 32.1. The average Bonchev–Trinajstić information content (AvgIpc) is 2.56. The molecule has 0 unspecified atom stereocenters. The van der Waals surface area contributed by atoms with Gasteiger partial charge in [0.2, 0.25) is 5.88 Å². The van der Waals surface area contributed by atoms with Crippen LogP contribution in [0.5, 0.6) is 11.6 Å². The van der Waals surface area contributed by atoms with Crippen molar-refractivity contribution in [1.29, 1.82) is 0 Å². The second kappa shape index (κ2) is 7.40. The molecular weight excluding hydrogens is 330 g/mol. The number of halogens is 2. The topological polar surface area (TPSA) is 35.0 Å². The maximum absolute atomic E-state index is 13.7. The number of aryl methyl sites for hydroxylation is 1. The fourth-order valence-corrected chi connectivity index (χ4v) is 2.85. The molecule has 0 saturated carbocycles. The van der Waals surface area contributed by atoms with Crippen molar-refractivity contribution in [3.8, 4) is 11.6 Å². The van der Waals surface area contributed by atoms with E-state index in [1.54, 1.807) is 30.3 Å². The predicted molar refractivity (Wildman–Crippen MR) is 89.2 cm³/mol. The molecule has 0 radical (unpaired) electrons. The zero-order chi connectivity index (χ0) is 16.9. The van der Waals surface area contributed by atoms with E-state index in [9.17, 15) is 8.78 Å². The number of para-hydroxylation sites is 1. The highest BCUT2D eigenvalue weighted by molar-refractivity contribution is 7.98. The van der Waals surface area contributed by atoms with E-state index >= 15 is 0 Å². The van der Waals surface area contributed by atoms with Crippen LogP contribution in [0.3, 0.4) is 0 Å². The van der Waals surface area contributed by atoms with Gasteiger partial charge >= 0.3 is 0 Å². The summed E-state index contributed by atoms with van der Waals surface area (Å²) in [5.41, 5.74) is 1.68. The summed E-state index contributed by atoms with van der Waals surface area (Å²) in [6.07, 6.45) is 0. The number of nitrogens with zero attached hydrogens (tertiary/aromatic N) is 2. The van der Waals surface area contributed by atoms with E-state index in [0.717, 1.165) is 11.3 Å². The van der Waals surface area contributed by atoms with Crippen molar-refractivity contribution in [2.45, 2.75) is 17.8 Å². The number of rotatable bonds is 5. The van der Waals surface area contributed by atoms with Gasteiger partial charge in [0.25, 0.3) is 0 Å². The molecule has 1 heterocycles. The van der Waals surface area contributed by atoms with Gasteiger partial charge in [0, 0.05) is 17.5 Å². The lowest BCUT2D eigenvalue weighted by molar-refractivity contribution is 0.421. The molecule has 0 aliphatic rings. The molecular formula is C18H14F2N2OS. The molecule has 122 valence electrons. The average molecular weight is 344 g/mol. The first-order valence-corrected chi connectivity index (χ1v) is 8.24. The Hall–Kier alpha value is -2.47. The monoisotopic (exact) mass is 344 g/mol. The Morgan fingerprint density at radius 3 is 2.50 bits per heavy atom. The number of benzene rings is 2. The van der Waals surface area contributed by atoms with E-state index in [1.165, 1.54) is 36.0 Å². The van der Waals surface area contributed by atoms with Crippen LogP contribution in [0, 0.1) is 18.6 Å². The zero-order valence-corrected chi connectivity index (χ0v) is 13.7. The summed E-state index contributed by atoms with van der Waals surface area (Å²) >= 11 is 1.40. The Morgan fingerprint density at radius 1 is 1.00 bits per heavy atom. The number of ether oxygens (including phenoxy) is 1. The van der Waals surface area contributed by atoms with Crippen LogP contribution in [0.15, 0.2) is 59.8 Å². The van der Waals surface area contributed by atoms with Crippen molar-refractivity contribution in [3.63, 3.8) is 0 Å². The molecule has 0 spiro atoms. The lowest BCUT2D eigenvalue weighted by Gasteiger charge is -2.08. The van der Waals surface area contributed by atoms with Gasteiger partial charge in [-0.25, -0.2) is 13.8 Å². The third-order valence-corrected chi connectivity index (χ3v) is 4.06. The van der Waals surface area contributed by atoms with E-state index in [1.807, 2.05) is 6.92 Å². The first-order chi connectivity index (χ1) is 11.6. The van der Waals surface area contributed by atoms with Gasteiger partial charge in [-0.1, -0.05) is 36.0 Å². The smallest absolute Gasteiger partial charge is 0.223 e. The fourth-order valence-electron chi connectivity index (χ4n) is 2.00. The Bertz CT molecular complexity index is 841. The van der Waals surface area contributed by atoms with E-state index in [0.29, 0.717) is 10.9 Å². The largest absolute Gasteiger partial charge is 0.436 e. The van der Waals surface area contributed by atoms with E-state index in [-0.39, 0.29) is 17.4 Å². The Kier molecular flexibility index (Phi) is 5.05. The third-order valence-electron chi connectivity index (χ3n) is 3.14. The molecule has 1 aromatic heterocycles. The maximum atomic E-state index is 13.7. The summed E-state index contributed by atoms with van der Waals surface area (Å²) in [5, 5.41) is 0.519. The summed E-state index contributed by atoms with van der Waals surface area (Å²) in [4.78, 5) is 8.63. The minimum Gasteiger partial charge on any atom is -0.436 e. The molecule has 0 bridgehead atoms. The highest BCUT2D eigenvalue weighted by Gasteiger charge is 2.08. The number of aromatic nitrogens is 2. The number of thioether (sulfide) groups is 1. The van der Waals surface area contributed by atoms with Crippen molar-refractivity contribution in [2.75, 3.05) is 0 Å². The minimum atomic E-state index is -0.450. The van der Waals surface area contributed by atoms with Gasteiger partial charge < -0.3 is 4.74 Å². The van der Waals surface area contributed by atoms with E-state index in [4.69, 9.17) is 4.74 Å². The van der Waals surface area contributed by atoms with Gasteiger partial charge in [-0.15, -0.1) is 0 Å². The second-order valence-corrected chi connectivity index (χ2v) is 6.02. The minimum absolute atomic E-state index is 0.116. The molecule has 0 aliphatic carbocycles. The fraction of sp³-hybridized carbons (Fsp3) is 0.111. The van der Waals surface area contributed by atoms with Crippen molar-refractivity contribution in [1.82, 2.24) is 9.97 Å². The number of hydrogen-bond acceptors (Lipinski definition) is 4. The molecule has 24 heavy (non-hydrogen) atoms. The van der Waals surface area contributed by atoms with Crippen LogP contribution in [0.4, 0.5) is 8.78 Å². The first-order valence-electron chi connectivity index (χ1n) is 7.25. The lowest BCUT2D eigenvalue weighted by atomic mass is 10.2. The van der Waals surface area contributed by atoms with Crippen molar-refractivity contribution in [2.24, 2.45) is 0 Å². The predicted octanol–water partition coefficient (Wildman–Crippen LogP) is 5.15. The third kappa shape index (κ3) is 4.29. The summed E-state index contributed by atoms with van der Waals surface area (Å²) in [6, 6.07) is 14.1. The van der Waals surface area contributed by atoms with Crippen LogP contribution in [-0.4, -0.2) is 9.97 Å². The zero-order valence-electron chi connectivity index (χ0n) is 12.9. The molecule has 0 atom stereocenters. The Morgan fingerprint density at radius 2 is 1.75 bits per heavy atom. The van der Waals surface area contributed by atoms with Crippen LogP contribution in [0.2, 0.25) is 0 Å². The van der Waals surface area contributed by atoms with Gasteiger partial charge in [-0.2, -0.15) is 4.98 Å². The van der Waals surface area contributed by atoms with Crippen LogP contribution in [-0.2, 0) is 5.75 Å². The highest BCUT2D eigenvalue weighted by atomic mass is 32.2. The second-order valence-electron chi connectivity index (χ2n) is 5.08. The van der Waals surface area contributed by atoms with E-state index in [2.05, 4.69) is 9.97 Å². The van der Waals surface area contributed by atoms with Gasteiger partial charge in [0.1, 0.15) is 5.82 Å². The molecule has 0 amide bonds. The normalized spacial score (nSPS) is 10.6. The van der Waals surface area contributed by atoms with Crippen LogP contribution >= 0.6 is 11.8 Å². The first kappa shape index (κ1) is 16.4. The Labute approximate surface area is 142 Å². The molecule has 6 heteroatoms. The molecule has 3 rings (SSSR count). The molecule has 0 fully saturated rings. The van der Waals surface area contributed by atoms with Gasteiger partial charge in [-0.3, -0.25) is 0 Å².